The van der Waals surface area contributed by atoms with Crippen molar-refractivity contribution in [3.8, 4) is 0 Å². The second-order valence-electron chi connectivity index (χ2n) is 7.61. The molecule has 2 amide bonds. The Balaban J connectivity index is 2.15. The Morgan fingerprint density at radius 3 is 2.48 bits per heavy atom. The number of nitrogens with one attached hydrogen (secondary N) is 1. The molecule has 2 aliphatic heterocycles. The van der Waals surface area contributed by atoms with Crippen LogP contribution in [0.3, 0.4) is 0 Å². The number of alkyl carbamates (subject to hydrolysis) is 1. The number of carbonyl (C=O) groups is 3. The highest BCUT2D eigenvalue weighted by Gasteiger charge is 2.46. The number of hydrogen-bond acceptors (Lipinski definition) is 4. The molecule has 0 aromatic heterocycles. The van der Waals surface area contributed by atoms with Crippen molar-refractivity contribution in [2.75, 3.05) is 0 Å². The maximum atomic E-state index is 12.8. The Kier molecular flexibility index (Phi) is 4.87. The summed E-state index contributed by atoms with van der Waals surface area (Å²) in [5, 5.41) is 12.0. The third kappa shape index (κ3) is 4.14. The Morgan fingerprint density at radius 1 is 1.26 bits per heavy atom. The monoisotopic (exact) mass is 326 g/mol. The molecule has 2 rings (SSSR count). The minimum atomic E-state index is -0.980. The summed E-state index contributed by atoms with van der Waals surface area (Å²) >= 11 is 0. The molecule has 2 N–H and O–H groups in total. The number of nitrogens with zero attached hydrogens (tertiary/aromatic N) is 1. The van der Waals surface area contributed by atoms with Crippen molar-refractivity contribution >= 4 is 18.0 Å². The second-order valence-corrected chi connectivity index (χ2v) is 7.61. The highest BCUT2D eigenvalue weighted by atomic mass is 16.6. The fourth-order valence-electron chi connectivity index (χ4n) is 3.50. The lowest BCUT2D eigenvalue weighted by atomic mass is 9.96. The molecule has 0 bridgehead atoms. The maximum absolute atomic E-state index is 12.8. The normalized spacial score (nSPS) is 31.3. The van der Waals surface area contributed by atoms with E-state index in [0.29, 0.717) is 19.3 Å². The summed E-state index contributed by atoms with van der Waals surface area (Å²) in [6.07, 6.45) is 1.79. The van der Waals surface area contributed by atoms with Crippen molar-refractivity contribution in [1.82, 2.24) is 10.2 Å². The minimum absolute atomic E-state index is 0.0518. The largest absolute Gasteiger partial charge is 0.480 e. The predicted octanol–water partition coefficient (Wildman–Crippen LogP) is 1.75. The number of carboxylic acid groups (broad SMARTS) is 1. The van der Waals surface area contributed by atoms with E-state index in [0.717, 1.165) is 6.42 Å². The van der Waals surface area contributed by atoms with Crippen LogP contribution in [0, 0.1) is 5.92 Å². The van der Waals surface area contributed by atoms with E-state index in [9.17, 15) is 19.5 Å². The van der Waals surface area contributed by atoms with Crippen LogP contribution in [0.25, 0.3) is 0 Å². The number of amides is 2. The van der Waals surface area contributed by atoms with Crippen molar-refractivity contribution in [1.29, 1.82) is 0 Å². The van der Waals surface area contributed by atoms with Crippen LogP contribution in [0.2, 0.25) is 0 Å². The van der Waals surface area contributed by atoms with E-state index >= 15 is 0 Å². The van der Waals surface area contributed by atoms with Gasteiger partial charge in [0.05, 0.1) is 0 Å². The van der Waals surface area contributed by atoms with Crippen LogP contribution in [0.1, 0.15) is 53.4 Å². The van der Waals surface area contributed by atoms with Gasteiger partial charge in [0.2, 0.25) is 5.91 Å². The smallest absolute Gasteiger partial charge is 0.408 e. The Morgan fingerprint density at radius 2 is 1.91 bits per heavy atom. The molecule has 23 heavy (non-hydrogen) atoms. The van der Waals surface area contributed by atoms with Crippen LogP contribution in [0.15, 0.2) is 0 Å². The zero-order chi connectivity index (χ0) is 17.4. The number of aliphatic carboxylic acids is 1. The second kappa shape index (κ2) is 6.37. The van der Waals surface area contributed by atoms with Gasteiger partial charge in [0.25, 0.3) is 0 Å². The van der Waals surface area contributed by atoms with Gasteiger partial charge in [0.15, 0.2) is 0 Å². The van der Waals surface area contributed by atoms with Gasteiger partial charge in [-0.1, -0.05) is 6.92 Å². The lowest BCUT2D eigenvalue weighted by Gasteiger charge is -2.29. The fourth-order valence-corrected chi connectivity index (χ4v) is 3.50. The van der Waals surface area contributed by atoms with Gasteiger partial charge in [-0.05, 0) is 52.4 Å². The zero-order valence-electron chi connectivity index (χ0n) is 14.2. The summed E-state index contributed by atoms with van der Waals surface area (Å²) < 4.78 is 5.21. The summed E-state index contributed by atoms with van der Waals surface area (Å²) in [4.78, 5) is 37.6. The first-order chi connectivity index (χ1) is 10.6. The van der Waals surface area contributed by atoms with Gasteiger partial charge in [-0.3, -0.25) is 4.79 Å². The van der Waals surface area contributed by atoms with Gasteiger partial charge < -0.3 is 20.1 Å². The van der Waals surface area contributed by atoms with Crippen molar-refractivity contribution in [3.05, 3.63) is 0 Å². The third-order valence-corrected chi connectivity index (χ3v) is 4.34. The van der Waals surface area contributed by atoms with E-state index in [-0.39, 0.29) is 17.9 Å². The Bertz CT molecular complexity index is 499. The molecule has 0 spiro atoms. The van der Waals surface area contributed by atoms with Gasteiger partial charge in [-0.2, -0.15) is 0 Å². The number of hydrogen-bond donors (Lipinski definition) is 2. The molecule has 2 saturated heterocycles. The first-order valence-electron chi connectivity index (χ1n) is 8.13. The zero-order valence-corrected chi connectivity index (χ0v) is 14.2. The molecule has 7 nitrogen and oxygen atoms in total. The van der Waals surface area contributed by atoms with Gasteiger partial charge in [0.1, 0.15) is 17.7 Å². The van der Waals surface area contributed by atoms with Gasteiger partial charge >= 0.3 is 12.1 Å². The van der Waals surface area contributed by atoms with Crippen molar-refractivity contribution in [2.24, 2.45) is 5.92 Å². The highest BCUT2D eigenvalue weighted by molar-refractivity contribution is 5.90. The van der Waals surface area contributed by atoms with Gasteiger partial charge in [0, 0.05) is 6.04 Å². The molecule has 130 valence electrons. The predicted molar refractivity (Wildman–Crippen MR) is 82.8 cm³/mol. The van der Waals surface area contributed by atoms with Crippen LogP contribution in [-0.2, 0) is 14.3 Å². The Labute approximate surface area is 136 Å². The summed E-state index contributed by atoms with van der Waals surface area (Å²) in [6.45, 7) is 7.28. The van der Waals surface area contributed by atoms with Gasteiger partial charge in [-0.25, -0.2) is 9.59 Å². The van der Waals surface area contributed by atoms with Crippen LogP contribution in [0.5, 0.6) is 0 Å². The molecule has 4 atom stereocenters. The van der Waals surface area contributed by atoms with E-state index in [4.69, 9.17) is 4.74 Å². The van der Waals surface area contributed by atoms with Crippen molar-refractivity contribution in [2.45, 2.75) is 77.1 Å². The molecule has 0 saturated carbocycles. The van der Waals surface area contributed by atoms with Crippen LogP contribution in [0.4, 0.5) is 4.79 Å². The number of fused-ring (bicyclic) bond motifs is 1. The molecule has 0 radical (unpaired) electrons. The molecular weight excluding hydrogens is 300 g/mol. The number of ether oxygens (including phenoxy) is 1. The number of rotatable bonds is 2. The quantitative estimate of drug-likeness (QED) is 0.806. The molecule has 1 unspecified atom stereocenters. The lowest BCUT2D eigenvalue weighted by molar-refractivity contribution is -0.150. The molecule has 2 heterocycles. The molecule has 0 aromatic rings. The fraction of sp³-hybridized carbons (Fsp3) is 0.812. The summed E-state index contributed by atoms with van der Waals surface area (Å²) in [7, 11) is 0. The van der Waals surface area contributed by atoms with Crippen molar-refractivity contribution in [3.63, 3.8) is 0 Å². The first-order valence-corrected chi connectivity index (χ1v) is 8.13. The molecule has 0 aliphatic carbocycles. The van der Waals surface area contributed by atoms with E-state index < -0.39 is 29.7 Å². The highest BCUT2D eigenvalue weighted by Crippen LogP contribution is 2.34. The summed E-state index contributed by atoms with van der Waals surface area (Å²) in [5.74, 6) is -1.07. The molecular formula is C16H26N2O5. The van der Waals surface area contributed by atoms with Crippen LogP contribution in [-0.4, -0.2) is 51.7 Å². The standard InChI is InChI=1S/C16H26N2O5/c1-9-7-10-5-6-12(14(20)21)18(10)13(19)11(8-9)17-15(22)23-16(2,3)4/h9-12H,5-8H2,1-4H3,(H,17,22)(H,20,21)/t9?,10-,11+,12+/m1/s1. The molecule has 0 aromatic carbocycles. The minimum Gasteiger partial charge on any atom is -0.480 e. The maximum Gasteiger partial charge on any atom is 0.408 e. The van der Waals surface area contributed by atoms with Gasteiger partial charge in [-0.15, -0.1) is 0 Å². The summed E-state index contributed by atoms with van der Waals surface area (Å²) in [6, 6.07) is -1.57. The molecule has 7 heteroatoms. The van der Waals surface area contributed by atoms with E-state index in [1.54, 1.807) is 20.8 Å². The number of carboxylic acids is 1. The van der Waals surface area contributed by atoms with Crippen LogP contribution < -0.4 is 5.32 Å². The summed E-state index contributed by atoms with van der Waals surface area (Å²) in [5.41, 5.74) is -0.650. The van der Waals surface area contributed by atoms with E-state index in [1.165, 1.54) is 4.90 Å². The molecule has 2 fully saturated rings. The SMILES string of the molecule is CC1C[C@H]2CC[C@@H](C(=O)O)N2C(=O)[C@@H](NC(=O)OC(C)(C)C)C1. The van der Waals surface area contributed by atoms with Crippen molar-refractivity contribution < 1.29 is 24.2 Å². The average Bonchev–Trinajstić information content (AvgIpc) is 2.73. The topological polar surface area (TPSA) is 95.9 Å². The first kappa shape index (κ1) is 17.6. The third-order valence-electron chi connectivity index (χ3n) is 4.34. The van der Waals surface area contributed by atoms with Crippen LogP contribution >= 0.6 is 0 Å². The Hall–Kier alpha value is -1.79. The van der Waals surface area contributed by atoms with E-state index in [1.807, 2.05) is 6.92 Å². The number of carbonyl (C=O) groups excluding carboxylic acids is 2. The lowest BCUT2D eigenvalue weighted by Crippen LogP contribution is -2.53. The molecule has 2 aliphatic rings. The van der Waals surface area contributed by atoms with E-state index in [2.05, 4.69) is 5.32 Å². The average molecular weight is 326 g/mol.